The molecule has 0 N–H and O–H groups in total. The molecular formula is C33H34N6. The van der Waals surface area contributed by atoms with Gasteiger partial charge in [0.15, 0.2) is 0 Å². The highest BCUT2D eigenvalue weighted by molar-refractivity contribution is 5.41. The second-order valence-electron chi connectivity index (χ2n) is 10.7. The standard InChI is InChI=1S/C33H34N6/c1-33(2,27-19-29(23-36-11-3-4-12-36)34-30(20-27)24-37-13-5-6-14-37)28-21-31(25-38-15-7-8-16-38)35-32(22-28)26-39-17-9-10-18-39/h3-22H,23-26H2,1-2H3. The highest BCUT2D eigenvalue weighted by Gasteiger charge is 2.26. The lowest BCUT2D eigenvalue weighted by Gasteiger charge is -2.28. The first-order chi connectivity index (χ1) is 19.0. The summed E-state index contributed by atoms with van der Waals surface area (Å²) in [6.07, 6.45) is 16.7. The quantitative estimate of drug-likeness (QED) is 0.218. The van der Waals surface area contributed by atoms with Gasteiger partial charge in [-0.05, 0) is 83.9 Å². The molecule has 0 aliphatic rings. The van der Waals surface area contributed by atoms with E-state index in [0.717, 1.165) is 49.0 Å². The van der Waals surface area contributed by atoms with Gasteiger partial charge in [0.2, 0.25) is 0 Å². The minimum atomic E-state index is -0.250. The van der Waals surface area contributed by atoms with Gasteiger partial charge in [-0.3, -0.25) is 9.97 Å². The smallest absolute Gasteiger partial charge is 0.0642 e. The maximum absolute atomic E-state index is 5.06. The molecule has 6 nitrogen and oxygen atoms in total. The minimum absolute atomic E-state index is 0.250. The molecule has 39 heavy (non-hydrogen) atoms. The predicted octanol–water partition coefficient (Wildman–Crippen LogP) is 6.20. The summed E-state index contributed by atoms with van der Waals surface area (Å²) in [6.45, 7) is 7.59. The summed E-state index contributed by atoms with van der Waals surface area (Å²) in [5.41, 5.74) is 6.51. The van der Waals surface area contributed by atoms with Crippen LogP contribution >= 0.6 is 0 Å². The van der Waals surface area contributed by atoms with Crippen molar-refractivity contribution in [1.82, 2.24) is 28.2 Å². The Morgan fingerprint density at radius 3 is 0.897 bits per heavy atom. The number of pyridine rings is 2. The molecule has 6 heteroatoms. The van der Waals surface area contributed by atoms with Gasteiger partial charge in [0.05, 0.1) is 49.0 Å². The molecule has 0 aliphatic carbocycles. The average molecular weight is 515 g/mol. The summed E-state index contributed by atoms with van der Waals surface area (Å²) in [5.74, 6) is 0. The molecule has 0 aliphatic heterocycles. The summed E-state index contributed by atoms with van der Waals surface area (Å²) >= 11 is 0. The Bertz CT molecular complexity index is 1370. The molecule has 0 unspecified atom stereocenters. The van der Waals surface area contributed by atoms with E-state index >= 15 is 0 Å². The zero-order chi connectivity index (χ0) is 26.7. The van der Waals surface area contributed by atoms with Crippen molar-refractivity contribution in [1.29, 1.82) is 0 Å². The minimum Gasteiger partial charge on any atom is -0.348 e. The van der Waals surface area contributed by atoms with E-state index in [9.17, 15) is 0 Å². The Balaban J connectivity index is 1.41. The maximum Gasteiger partial charge on any atom is 0.0642 e. The molecule has 6 rings (SSSR count). The number of hydrogen-bond donors (Lipinski definition) is 0. The van der Waals surface area contributed by atoms with E-state index in [-0.39, 0.29) is 5.41 Å². The molecule has 0 atom stereocenters. The van der Waals surface area contributed by atoms with E-state index < -0.39 is 0 Å². The lowest BCUT2D eigenvalue weighted by Crippen LogP contribution is -2.22. The Hall–Kier alpha value is -4.58. The lowest BCUT2D eigenvalue weighted by molar-refractivity contribution is 0.621. The molecule has 6 aromatic rings. The number of aromatic nitrogens is 6. The van der Waals surface area contributed by atoms with E-state index in [0.29, 0.717) is 0 Å². The number of rotatable bonds is 10. The van der Waals surface area contributed by atoms with Gasteiger partial charge in [0.25, 0.3) is 0 Å². The van der Waals surface area contributed by atoms with Crippen LogP contribution in [0.4, 0.5) is 0 Å². The third-order valence-electron chi connectivity index (χ3n) is 7.35. The van der Waals surface area contributed by atoms with Gasteiger partial charge in [0, 0.05) is 55.0 Å². The van der Waals surface area contributed by atoms with Crippen molar-refractivity contribution in [3.8, 4) is 0 Å². The van der Waals surface area contributed by atoms with Crippen LogP contribution in [0.5, 0.6) is 0 Å². The fourth-order valence-corrected chi connectivity index (χ4v) is 5.16. The zero-order valence-corrected chi connectivity index (χ0v) is 22.6. The normalized spacial score (nSPS) is 11.7. The molecular weight excluding hydrogens is 480 g/mol. The third kappa shape index (κ3) is 5.80. The Morgan fingerprint density at radius 1 is 0.436 bits per heavy atom. The largest absolute Gasteiger partial charge is 0.348 e. The number of nitrogens with zero attached hydrogens (tertiary/aromatic N) is 6. The van der Waals surface area contributed by atoms with E-state index in [1.807, 2.05) is 0 Å². The summed E-state index contributed by atoms with van der Waals surface area (Å²) in [5, 5.41) is 0. The van der Waals surface area contributed by atoms with Crippen molar-refractivity contribution in [2.24, 2.45) is 0 Å². The van der Waals surface area contributed by atoms with Gasteiger partial charge in [0.1, 0.15) is 0 Å². The highest BCUT2D eigenvalue weighted by atomic mass is 15.0. The second-order valence-corrected chi connectivity index (χ2v) is 10.7. The fraction of sp³-hybridized carbons (Fsp3) is 0.212. The zero-order valence-electron chi connectivity index (χ0n) is 22.6. The van der Waals surface area contributed by atoms with Crippen molar-refractivity contribution >= 4 is 0 Å². The van der Waals surface area contributed by atoms with Gasteiger partial charge in [-0.25, -0.2) is 0 Å². The van der Waals surface area contributed by atoms with Crippen molar-refractivity contribution in [2.45, 2.75) is 45.4 Å². The van der Waals surface area contributed by atoms with Gasteiger partial charge >= 0.3 is 0 Å². The van der Waals surface area contributed by atoms with Crippen molar-refractivity contribution in [2.75, 3.05) is 0 Å². The molecule has 0 amide bonds. The molecule has 6 aromatic heterocycles. The van der Waals surface area contributed by atoms with Gasteiger partial charge in [-0.15, -0.1) is 0 Å². The Labute approximate surface area is 229 Å². The van der Waals surface area contributed by atoms with E-state index in [2.05, 4.69) is 154 Å². The van der Waals surface area contributed by atoms with Crippen molar-refractivity contribution in [3.05, 3.63) is 156 Å². The summed E-state index contributed by atoms with van der Waals surface area (Å²) in [4.78, 5) is 10.1. The topological polar surface area (TPSA) is 45.5 Å². The van der Waals surface area contributed by atoms with Gasteiger partial charge < -0.3 is 18.3 Å². The summed E-state index contributed by atoms with van der Waals surface area (Å²) in [7, 11) is 0. The molecule has 0 saturated carbocycles. The molecule has 0 fully saturated rings. The molecule has 0 radical (unpaired) electrons. The SMILES string of the molecule is CC(C)(c1cc(Cn2cccc2)nc(Cn2cccc2)c1)c1cc(Cn2cccc2)nc(Cn2cccc2)c1. The van der Waals surface area contributed by atoms with Crippen LogP contribution in [-0.4, -0.2) is 28.2 Å². The van der Waals surface area contributed by atoms with Crippen LogP contribution in [-0.2, 0) is 31.6 Å². The van der Waals surface area contributed by atoms with Gasteiger partial charge in [-0.1, -0.05) is 13.8 Å². The summed E-state index contributed by atoms with van der Waals surface area (Å²) in [6, 6.07) is 25.6. The average Bonchev–Trinajstić information content (AvgIpc) is 3.73. The predicted molar refractivity (Wildman–Crippen MR) is 155 cm³/mol. The highest BCUT2D eigenvalue weighted by Crippen LogP contribution is 2.33. The number of hydrogen-bond acceptors (Lipinski definition) is 2. The van der Waals surface area contributed by atoms with Crippen LogP contribution in [0.15, 0.2) is 122 Å². The fourth-order valence-electron chi connectivity index (χ4n) is 5.16. The first-order valence-electron chi connectivity index (χ1n) is 13.4. The van der Waals surface area contributed by atoms with Crippen LogP contribution in [0.25, 0.3) is 0 Å². The monoisotopic (exact) mass is 514 g/mol. The molecule has 196 valence electrons. The van der Waals surface area contributed by atoms with Crippen LogP contribution in [0.3, 0.4) is 0 Å². The maximum atomic E-state index is 5.06. The van der Waals surface area contributed by atoms with Crippen LogP contribution < -0.4 is 0 Å². The van der Waals surface area contributed by atoms with E-state index in [1.165, 1.54) is 11.1 Å². The van der Waals surface area contributed by atoms with Gasteiger partial charge in [-0.2, -0.15) is 0 Å². The van der Waals surface area contributed by atoms with Crippen molar-refractivity contribution < 1.29 is 0 Å². The molecule has 0 saturated heterocycles. The Morgan fingerprint density at radius 2 is 0.667 bits per heavy atom. The van der Waals surface area contributed by atoms with E-state index in [4.69, 9.17) is 9.97 Å². The molecule has 0 aromatic carbocycles. The second kappa shape index (κ2) is 10.7. The molecule has 0 spiro atoms. The van der Waals surface area contributed by atoms with Crippen LogP contribution in [0.2, 0.25) is 0 Å². The van der Waals surface area contributed by atoms with Crippen molar-refractivity contribution in [3.63, 3.8) is 0 Å². The molecule has 6 heterocycles. The third-order valence-corrected chi connectivity index (χ3v) is 7.35. The first-order valence-corrected chi connectivity index (χ1v) is 13.4. The summed E-state index contributed by atoms with van der Waals surface area (Å²) < 4.78 is 8.70. The van der Waals surface area contributed by atoms with Crippen LogP contribution in [0.1, 0.15) is 47.8 Å². The van der Waals surface area contributed by atoms with Crippen LogP contribution in [0, 0.1) is 0 Å². The van der Waals surface area contributed by atoms with E-state index in [1.54, 1.807) is 0 Å². The lowest BCUT2D eigenvalue weighted by atomic mass is 9.77. The molecule has 0 bridgehead atoms. The first kappa shape index (κ1) is 24.7. The Kier molecular flexibility index (Phi) is 6.76.